The predicted molar refractivity (Wildman–Crippen MR) is 61.2 cm³/mol. The largest absolute Gasteiger partial charge is 0.478 e. The zero-order valence-corrected chi connectivity index (χ0v) is 11.8. The molecule has 10 N–H and O–H groups in total. The minimum atomic E-state index is -5.05. The maximum absolute atomic E-state index is 9.63. The molecule has 1 aliphatic rings. The molecule has 0 radical (unpaired) electrons. The highest BCUT2D eigenvalue weighted by atomic mass is 31.3. The Morgan fingerprint density at radius 1 is 0.524 bits per heavy atom. The third-order valence-corrected chi connectivity index (χ3v) is 4.01. The summed E-state index contributed by atoms with van der Waals surface area (Å²) >= 11 is 0. The summed E-state index contributed by atoms with van der Waals surface area (Å²) in [7, 11) is -10.1. The summed E-state index contributed by atoms with van der Waals surface area (Å²) in [5.74, 6) is 0. The SMILES string of the molecule is O=P(O)(O)OP(=O)(O)O.OC1C(O)C(O)C(O)C(O)C1O. The zero-order valence-electron chi connectivity index (χ0n) is 10.1. The van der Waals surface area contributed by atoms with Gasteiger partial charge in [-0.3, -0.25) is 0 Å². The molecule has 0 aliphatic heterocycles. The van der Waals surface area contributed by atoms with Crippen LogP contribution in [-0.2, 0) is 13.4 Å². The van der Waals surface area contributed by atoms with Crippen molar-refractivity contribution in [1.82, 2.24) is 0 Å². The van der Waals surface area contributed by atoms with Crippen molar-refractivity contribution in [2.75, 3.05) is 0 Å². The highest BCUT2D eigenvalue weighted by molar-refractivity contribution is 7.60. The van der Waals surface area contributed by atoms with Crippen LogP contribution in [0.5, 0.6) is 0 Å². The summed E-state index contributed by atoms with van der Waals surface area (Å²) in [4.78, 5) is 31.0. The van der Waals surface area contributed by atoms with Crippen LogP contribution in [0, 0.1) is 0 Å². The Labute approximate surface area is 117 Å². The molecule has 128 valence electrons. The van der Waals surface area contributed by atoms with Crippen LogP contribution in [0.2, 0.25) is 0 Å². The van der Waals surface area contributed by atoms with Crippen molar-refractivity contribution in [3.8, 4) is 0 Å². The van der Waals surface area contributed by atoms with Crippen molar-refractivity contribution in [3.05, 3.63) is 0 Å². The summed E-state index contributed by atoms with van der Waals surface area (Å²) in [5, 5.41) is 53.8. The Balaban J connectivity index is 0.000000400. The number of hydrogen-bond donors (Lipinski definition) is 10. The van der Waals surface area contributed by atoms with Gasteiger partial charge in [-0.25, -0.2) is 9.13 Å². The van der Waals surface area contributed by atoms with E-state index in [4.69, 9.17) is 50.2 Å². The van der Waals surface area contributed by atoms with Crippen LogP contribution in [0.4, 0.5) is 0 Å². The molecule has 0 heterocycles. The van der Waals surface area contributed by atoms with Gasteiger partial charge in [0.25, 0.3) is 0 Å². The first-order valence-electron chi connectivity index (χ1n) is 5.08. The molecule has 1 aliphatic carbocycles. The summed E-state index contributed by atoms with van der Waals surface area (Å²) in [5.41, 5.74) is 0. The lowest BCUT2D eigenvalue weighted by atomic mass is 9.85. The third-order valence-electron chi connectivity index (χ3n) is 2.31. The van der Waals surface area contributed by atoms with Crippen LogP contribution >= 0.6 is 15.6 Å². The van der Waals surface area contributed by atoms with Crippen LogP contribution in [-0.4, -0.2) is 86.8 Å². The van der Waals surface area contributed by atoms with Gasteiger partial charge in [0.2, 0.25) is 0 Å². The Morgan fingerprint density at radius 3 is 0.714 bits per heavy atom. The van der Waals surface area contributed by atoms with E-state index in [0.29, 0.717) is 0 Å². The number of rotatable bonds is 2. The van der Waals surface area contributed by atoms with Crippen molar-refractivity contribution >= 4 is 15.6 Å². The average molecular weight is 358 g/mol. The van der Waals surface area contributed by atoms with E-state index >= 15 is 0 Å². The third kappa shape index (κ3) is 7.21. The maximum Gasteiger partial charge on any atom is 0.478 e. The second-order valence-corrected chi connectivity index (χ2v) is 6.62. The monoisotopic (exact) mass is 358 g/mol. The van der Waals surface area contributed by atoms with Crippen molar-refractivity contribution in [2.24, 2.45) is 0 Å². The van der Waals surface area contributed by atoms with Gasteiger partial charge >= 0.3 is 15.6 Å². The van der Waals surface area contributed by atoms with E-state index in [1.807, 2.05) is 0 Å². The second-order valence-electron chi connectivity index (χ2n) is 4.01. The first-order valence-corrected chi connectivity index (χ1v) is 8.14. The van der Waals surface area contributed by atoms with Gasteiger partial charge in [0.15, 0.2) is 0 Å². The van der Waals surface area contributed by atoms with E-state index in [1.165, 1.54) is 0 Å². The lowest BCUT2D eigenvalue weighted by molar-refractivity contribution is -0.223. The highest BCUT2D eigenvalue weighted by Crippen LogP contribution is 2.53. The number of phosphoric acid groups is 2. The second kappa shape index (κ2) is 7.53. The molecule has 0 saturated heterocycles. The van der Waals surface area contributed by atoms with Crippen molar-refractivity contribution in [2.45, 2.75) is 36.6 Å². The fourth-order valence-corrected chi connectivity index (χ4v) is 2.46. The molecule has 0 aromatic heterocycles. The number of hydrogen-bond acceptors (Lipinski definition) is 9. The van der Waals surface area contributed by atoms with Crippen LogP contribution in [0.25, 0.3) is 0 Å². The lowest BCUT2D eigenvalue weighted by Gasteiger charge is -2.39. The zero-order chi connectivity index (χ0) is 17.2. The Hall–Kier alpha value is 0.0200. The summed E-state index contributed by atoms with van der Waals surface area (Å²) in [6.07, 6.45) is -9.84. The number of aliphatic hydroxyl groups is 6. The molecule has 0 aromatic rings. The molecule has 1 saturated carbocycles. The van der Waals surface area contributed by atoms with E-state index in [9.17, 15) is 9.13 Å². The van der Waals surface area contributed by atoms with Crippen molar-refractivity contribution < 1.29 is 63.7 Å². The van der Waals surface area contributed by atoms with E-state index in [0.717, 1.165) is 0 Å². The molecular weight excluding hydrogens is 342 g/mol. The van der Waals surface area contributed by atoms with Gasteiger partial charge in [0, 0.05) is 0 Å². The standard InChI is InChI=1S/C6H12O6.H4O7P2/c7-1-2(8)4(10)6(12)5(11)3(1)9;1-8(2,3)7-9(4,5)6/h1-12H;(H2,1,2,3)(H2,4,5,6). The van der Waals surface area contributed by atoms with Crippen LogP contribution in [0.1, 0.15) is 0 Å². The Bertz CT molecular complexity index is 336. The topological polar surface area (TPSA) is 246 Å². The Kier molecular flexibility index (Phi) is 7.53. The van der Waals surface area contributed by atoms with Crippen LogP contribution in [0.15, 0.2) is 0 Å². The van der Waals surface area contributed by atoms with Gasteiger partial charge in [0.05, 0.1) is 0 Å². The average Bonchev–Trinajstić information content (AvgIpc) is 2.28. The van der Waals surface area contributed by atoms with Gasteiger partial charge in [0.1, 0.15) is 36.6 Å². The predicted octanol–water partition coefficient (Wildman–Crippen LogP) is -4.65. The molecule has 15 heteroatoms. The maximum atomic E-state index is 9.63. The van der Waals surface area contributed by atoms with E-state index in [-0.39, 0.29) is 0 Å². The fraction of sp³-hybridized carbons (Fsp3) is 1.00. The lowest BCUT2D eigenvalue weighted by Crippen LogP contribution is -2.63. The number of aliphatic hydroxyl groups excluding tert-OH is 6. The van der Waals surface area contributed by atoms with Gasteiger partial charge < -0.3 is 50.2 Å². The molecule has 0 amide bonds. The van der Waals surface area contributed by atoms with Gasteiger partial charge in [-0.05, 0) is 0 Å². The molecule has 0 bridgehead atoms. The van der Waals surface area contributed by atoms with Crippen molar-refractivity contribution in [1.29, 1.82) is 0 Å². The molecule has 1 fully saturated rings. The molecule has 1 rings (SSSR count). The molecular formula is C6H16O13P2. The molecule has 13 nitrogen and oxygen atoms in total. The van der Waals surface area contributed by atoms with E-state index in [1.54, 1.807) is 0 Å². The fourth-order valence-electron chi connectivity index (χ4n) is 1.35. The minimum absolute atomic E-state index is 1.64. The van der Waals surface area contributed by atoms with Crippen molar-refractivity contribution in [3.63, 3.8) is 0 Å². The minimum Gasteiger partial charge on any atom is -0.387 e. The molecule has 0 atom stereocenters. The molecule has 21 heavy (non-hydrogen) atoms. The van der Waals surface area contributed by atoms with E-state index in [2.05, 4.69) is 4.31 Å². The Morgan fingerprint density at radius 2 is 0.667 bits per heavy atom. The highest BCUT2D eigenvalue weighted by Gasteiger charge is 2.47. The molecule has 0 spiro atoms. The molecule has 0 aromatic carbocycles. The van der Waals surface area contributed by atoms with Crippen LogP contribution < -0.4 is 0 Å². The van der Waals surface area contributed by atoms with Gasteiger partial charge in [-0.1, -0.05) is 0 Å². The van der Waals surface area contributed by atoms with Gasteiger partial charge in [-0.2, -0.15) is 4.31 Å². The van der Waals surface area contributed by atoms with E-state index < -0.39 is 52.3 Å². The summed E-state index contributed by atoms with van der Waals surface area (Å²) in [6.45, 7) is 0. The first-order chi connectivity index (χ1) is 9.17. The summed E-state index contributed by atoms with van der Waals surface area (Å²) in [6, 6.07) is 0. The quantitative estimate of drug-likeness (QED) is 0.209. The summed E-state index contributed by atoms with van der Waals surface area (Å²) < 4.78 is 22.2. The van der Waals surface area contributed by atoms with Crippen LogP contribution in [0.3, 0.4) is 0 Å². The first kappa shape index (κ1) is 21.0. The smallest absolute Gasteiger partial charge is 0.387 e. The normalized spacial score (nSPS) is 37.6. The molecule has 0 unspecified atom stereocenters. The van der Waals surface area contributed by atoms with Gasteiger partial charge in [-0.15, -0.1) is 0 Å².